The minimum atomic E-state index is 0.0128. The number of carbonyl (C=O) groups is 1. The molecule has 160 valence electrons. The molecule has 0 aromatic rings. The van der Waals surface area contributed by atoms with Gasteiger partial charge in [0.2, 0.25) is 0 Å². The number of hydrogen-bond donors (Lipinski definition) is 1. The van der Waals surface area contributed by atoms with Gasteiger partial charge in [-0.25, -0.2) is 0 Å². The number of fused-ring (bicyclic) bond motifs is 3. The van der Waals surface area contributed by atoms with Crippen LogP contribution < -0.4 is 5.32 Å². The molecule has 0 radical (unpaired) electrons. The lowest BCUT2D eigenvalue weighted by Gasteiger charge is -2.51. The van der Waals surface area contributed by atoms with E-state index in [0.717, 1.165) is 39.1 Å². The number of carbonyl (C=O) groups excluding carboxylic acids is 1. The zero-order valence-corrected chi connectivity index (χ0v) is 18.5. The minimum Gasteiger partial charge on any atom is -0.462 e. The van der Waals surface area contributed by atoms with Crippen molar-refractivity contribution in [2.75, 3.05) is 26.2 Å². The molecule has 2 heterocycles. The Balaban J connectivity index is 1.35. The number of esters is 1. The Kier molecular flexibility index (Phi) is 5.56. The standard InChI is InChI=1S/C23H40N2O3/c1-15(2)25(16(3)4)10-9-24-13-18-17-11-20-22(5,12-19(17)28-21(18)26)7-6-8-23(20)14-27-23/h15-20,24H,6-14H2,1-5H3/t17-,18-,19-,20+,22-,23+/m1/s1. The second-order valence-electron chi connectivity index (χ2n) is 10.7. The van der Waals surface area contributed by atoms with E-state index in [1.54, 1.807) is 0 Å². The molecule has 4 aliphatic rings. The Labute approximate surface area is 170 Å². The van der Waals surface area contributed by atoms with Crippen molar-refractivity contribution in [1.29, 1.82) is 0 Å². The molecule has 2 saturated heterocycles. The maximum Gasteiger partial charge on any atom is 0.310 e. The third-order valence-electron chi connectivity index (χ3n) is 8.32. The van der Waals surface area contributed by atoms with Crippen molar-refractivity contribution in [2.45, 2.75) is 90.5 Å². The van der Waals surface area contributed by atoms with E-state index < -0.39 is 0 Å². The van der Waals surface area contributed by atoms with E-state index in [-0.39, 0.29) is 29.0 Å². The van der Waals surface area contributed by atoms with E-state index in [4.69, 9.17) is 9.47 Å². The first-order valence-corrected chi connectivity index (χ1v) is 11.6. The highest BCUT2D eigenvalue weighted by molar-refractivity contribution is 5.75. The quantitative estimate of drug-likeness (QED) is 0.410. The highest BCUT2D eigenvalue weighted by Gasteiger charge is 2.64. The van der Waals surface area contributed by atoms with Crippen molar-refractivity contribution in [1.82, 2.24) is 10.2 Å². The molecule has 0 amide bonds. The van der Waals surface area contributed by atoms with Gasteiger partial charge < -0.3 is 14.8 Å². The van der Waals surface area contributed by atoms with Crippen molar-refractivity contribution < 1.29 is 14.3 Å². The van der Waals surface area contributed by atoms with Gasteiger partial charge in [-0.15, -0.1) is 0 Å². The summed E-state index contributed by atoms with van der Waals surface area (Å²) in [6.45, 7) is 15.0. The molecule has 2 aliphatic heterocycles. The molecule has 0 aromatic heterocycles. The average Bonchev–Trinajstić information content (AvgIpc) is 3.30. The number of nitrogens with zero attached hydrogens (tertiary/aromatic N) is 1. The van der Waals surface area contributed by atoms with Crippen LogP contribution in [0.3, 0.4) is 0 Å². The van der Waals surface area contributed by atoms with Gasteiger partial charge in [0.1, 0.15) is 6.10 Å². The second kappa shape index (κ2) is 7.55. The number of rotatable bonds is 7. The molecule has 5 nitrogen and oxygen atoms in total. The van der Waals surface area contributed by atoms with Crippen LogP contribution in [-0.4, -0.2) is 60.9 Å². The number of hydrogen-bond acceptors (Lipinski definition) is 5. The smallest absolute Gasteiger partial charge is 0.310 e. The lowest BCUT2D eigenvalue weighted by Crippen LogP contribution is -2.51. The van der Waals surface area contributed by atoms with Crippen molar-refractivity contribution >= 4 is 5.97 Å². The minimum absolute atomic E-state index is 0.0128. The number of epoxide rings is 1. The summed E-state index contributed by atoms with van der Waals surface area (Å²) in [7, 11) is 0. The van der Waals surface area contributed by atoms with Crippen LogP contribution in [0.4, 0.5) is 0 Å². The Morgan fingerprint density at radius 3 is 2.57 bits per heavy atom. The van der Waals surface area contributed by atoms with Gasteiger partial charge >= 0.3 is 5.97 Å². The van der Waals surface area contributed by atoms with E-state index in [0.29, 0.717) is 23.9 Å². The molecular weight excluding hydrogens is 352 g/mol. The van der Waals surface area contributed by atoms with Crippen LogP contribution >= 0.6 is 0 Å². The Morgan fingerprint density at radius 2 is 1.93 bits per heavy atom. The van der Waals surface area contributed by atoms with Gasteiger partial charge in [-0.2, -0.15) is 0 Å². The molecule has 28 heavy (non-hydrogen) atoms. The van der Waals surface area contributed by atoms with Crippen LogP contribution in [0.5, 0.6) is 0 Å². The van der Waals surface area contributed by atoms with E-state index in [2.05, 4.69) is 44.8 Å². The van der Waals surface area contributed by atoms with Crippen molar-refractivity contribution in [3.63, 3.8) is 0 Å². The number of ether oxygens (including phenoxy) is 2. The highest BCUT2D eigenvalue weighted by Crippen LogP contribution is 2.62. The van der Waals surface area contributed by atoms with Crippen molar-refractivity contribution in [2.24, 2.45) is 23.2 Å². The van der Waals surface area contributed by atoms with Crippen LogP contribution in [0.1, 0.15) is 66.7 Å². The summed E-state index contributed by atoms with van der Waals surface area (Å²) >= 11 is 0. The normalized spacial score (nSPS) is 42.2. The molecule has 6 atom stereocenters. The van der Waals surface area contributed by atoms with Crippen LogP contribution in [-0.2, 0) is 14.3 Å². The van der Waals surface area contributed by atoms with Crippen LogP contribution in [0.15, 0.2) is 0 Å². The molecule has 0 bridgehead atoms. The lowest BCUT2D eigenvalue weighted by atomic mass is 9.53. The SMILES string of the molecule is CC(C)N(CCNC[C@H]1C(=O)O[C@@H]2C[C@@]3(C)CCC[C@]4(CO4)[C@H]3C[C@@H]21)C(C)C. The maximum absolute atomic E-state index is 12.7. The van der Waals surface area contributed by atoms with Crippen molar-refractivity contribution in [3.8, 4) is 0 Å². The molecule has 2 saturated carbocycles. The molecule has 1 N–H and O–H groups in total. The summed E-state index contributed by atoms with van der Waals surface area (Å²) in [6, 6.07) is 1.08. The predicted molar refractivity (Wildman–Crippen MR) is 110 cm³/mol. The highest BCUT2D eigenvalue weighted by atomic mass is 16.6. The number of nitrogens with one attached hydrogen (secondary N) is 1. The summed E-state index contributed by atoms with van der Waals surface area (Å²) < 4.78 is 11.9. The fourth-order valence-electron chi connectivity index (χ4n) is 6.77. The van der Waals surface area contributed by atoms with E-state index in [1.165, 1.54) is 19.3 Å². The summed E-state index contributed by atoms with van der Waals surface area (Å²) in [4.78, 5) is 15.2. The molecular formula is C23H40N2O3. The summed E-state index contributed by atoms with van der Waals surface area (Å²) in [5, 5.41) is 3.58. The van der Waals surface area contributed by atoms with Crippen LogP contribution in [0, 0.1) is 23.2 Å². The van der Waals surface area contributed by atoms with E-state index in [1.807, 2.05) is 0 Å². The predicted octanol–water partition coefficient (Wildman–Crippen LogP) is 3.22. The third-order valence-corrected chi connectivity index (χ3v) is 8.32. The topological polar surface area (TPSA) is 54.1 Å². The molecule has 5 heteroatoms. The molecule has 2 aliphatic carbocycles. The molecule has 1 spiro atoms. The average molecular weight is 393 g/mol. The Bertz CT molecular complexity index is 580. The monoisotopic (exact) mass is 392 g/mol. The van der Waals surface area contributed by atoms with E-state index >= 15 is 0 Å². The first kappa shape index (κ1) is 20.6. The van der Waals surface area contributed by atoms with Gasteiger partial charge in [-0.1, -0.05) is 6.92 Å². The summed E-state index contributed by atoms with van der Waals surface area (Å²) in [6.07, 6.45) is 5.98. The van der Waals surface area contributed by atoms with Gasteiger partial charge in [-0.3, -0.25) is 9.69 Å². The zero-order chi connectivity index (χ0) is 20.1. The molecule has 4 rings (SSSR count). The fraction of sp³-hybridized carbons (Fsp3) is 0.957. The van der Waals surface area contributed by atoms with Gasteiger partial charge in [0, 0.05) is 37.6 Å². The van der Waals surface area contributed by atoms with Gasteiger partial charge in [0.05, 0.1) is 18.1 Å². The van der Waals surface area contributed by atoms with E-state index in [9.17, 15) is 4.79 Å². The second-order valence-corrected chi connectivity index (χ2v) is 10.7. The van der Waals surface area contributed by atoms with Crippen LogP contribution in [0.2, 0.25) is 0 Å². The summed E-state index contributed by atoms with van der Waals surface area (Å²) in [5.41, 5.74) is 0.421. The lowest BCUT2D eigenvalue weighted by molar-refractivity contribution is -0.147. The van der Waals surface area contributed by atoms with Crippen LogP contribution in [0.25, 0.3) is 0 Å². The third kappa shape index (κ3) is 3.63. The van der Waals surface area contributed by atoms with Gasteiger partial charge in [-0.05, 0) is 71.1 Å². The largest absolute Gasteiger partial charge is 0.462 e. The first-order chi connectivity index (χ1) is 13.3. The molecule has 0 unspecified atom stereocenters. The summed E-state index contributed by atoms with van der Waals surface area (Å²) in [5.74, 6) is 1.01. The maximum atomic E-state index is 12.7. The Hall–Kier alpha value is -0.650. The van der Waals surface area contributed by atoms with Gasteiger partial charge in [0.15, 0.2) is 0 Å². The van der Waals surface area contributed by atoms with Crippen molar-refractivity contribution in [3.05, 3.63) is 0 Å². The Morgan fingerprint density at radius 1 is 1.21 bits per heavy atom. The molecule has 4 fully saturated rings. The van der Waals surface area contributed by atoms with Gasteiger partial charge in [0.25, 0.3) is 0 Å². The zero-order valence-electron chi connectivity index (χ0n) is 18.5. The molecule has 0 aromatic carbocycles. The first-order valence-electron chi connectivity index (χ1n) is 11.6. The fourth-order valence-corrected chi connectivity index (χ4v) is 6.77.